The first-order valence-corrected chi connectivity index (χ1v) is 7.77. The van der Waals surface area contributed by atoms with Crippen molar-refractivity contribution in [1.82, 2.24) is 0 Å². The molecule has 2 N–H and O–H groups in total. The van der Waals surface area contributed by atoms with E-state index in [2.05, 4.69) is 0 Å². The lowest BCUT2D eigenvalue weighted by Crippen LogP contribution is -2.36. The lowest BCUT2D eigenvalue weighted by molar-refractivity contribution is -0.132. The Morgan fingerprint density at radius 3 is 2.86 bits per heavy atom. The van der Waals surface area contributed by atoms with Gasteiger partial charge in [0, 0.05) is 5.41 Å². The third-order valence-electron chi connectivity index (χ3n) is 5.87. The van der Waals surface area contributed by atoms with E-state index in [0.29, 0.717) is 12.2 Å². The molecule has 3 atom stereocenters. The van der Waals surface area contributed by atoms with Gasteiger partial charge in [-0.2, -0.15) is 0 Å². The molecule has 3 nitrogen and oxygen atoms in total. The standard InChI is InChI=1S/C18H20O3/c1-18-7-6-13-12-5-3-11(19)8-10(12)2-4-14(13)15(18)9-16(20)17(18)21/h3,5,8,15-16,19-20H,2,4,6-7,9H2,1H3. The topological polar surface area (TPSA) is 57.5 Å². The van der Waals surface area contributed by atoms with Crippen LogP contribution in [0.5, 0.6) is 5.75 Å². The van der Waals surface area contributed by atoms with Crippen LogP contribution in [-0.4, -0.2) is 22.1 Å². The second-order valence-electron chi connectivity index (χ2n) is 6.93. The smallest absolute Gasteiger partial charge is 0.167 e. The molecule has 3 aliphatic rings. The molecular formula is C18H20O3. The number of carbonyl (C=O) groups excluding carboxylic acids is 1. The summed E-state index contributed by atoms with van der Waals surface area (Å²) < 4.78 is 0. The van der Waals surface area contributed by atoms with Gasteiger partial charge in [-0.3, -0.25) is 4.79 Å². The number of rotatable bonds is 0. The zero-order valence-corrected chi connectivity index (χ0v) is 12.2. The number of hydrogen-bond donors (Lipinski definition) is 2. The minimum atomic E-state index is -0.784. The maximum atomic E-state index is 12.3. The molecule has 1 aromatic carbocycles. The van der Waals surface area contributed by atoms with Gasteiger partial charge < -0.3 is 10.2 Å². The highest BCUT2D eigenvalue weighted by molar-refractivity contribution is 5.93. The Kier molecular flexibility index (Phi) is 2.62. The largest absolute Gasteiger partial charge is 0.508 e. The zero-order valence-electron chi connectivity index (χ0n) is 12.2. The normalized spacial score (nSPS) is 34.5. The van der Waals surface area contributed by atoms with Gasteiger partial charge in [-0.25, -0.2) is 0 Å². The maximum absolute atomic E-state index is 12.3. The van der Waals surface area contributed by atoms with Crippen LogP contribution >= 0.6 is 0 Å². The van der Waals surface area contributed by atoms with Crippen molar-refractivity contribution in [3.05, 3.63) is 34.9 Å². The van der Waals surface area contributed by atoms with E-state index in [0.717, 1.165) is 25.7 Å². The third-order valence-corrected chi connectivity index (χ3v) is 5.87. The molecule has 4 rings (SSSR count). The number of aromatic hydroxyl groups is 1. The highest BCUT2D eigenvalue weighted by Crippen LogP contribution is 2.56. The SMILES string of the molecule is CC12CCC3=C(CCc4cc(O)ccc43)C1CC(O)C2=O. The van der Waals surface area contributed by atoms with E-state index in [1.165, 1.54) is 22.3 Å². The van der Waals surface area contributed by atoms with E-state index in [-0.39, 0.29) is 17.1 Å². The molecule has 3 unspecified atom stereocenters. The number of aliphatic hydroxyl groups is 1. The van der Waals surface area contributed by atoms with E-state index in [9.17, 15) is 15.0 Å². The van der Waals surface area contributed by atoms with E-state index in [1.807, 2.05) is 19.1 Å². The van der Waals surface area contributed by atoms with E-state index < -0.39 is 6.10 Å². The summed E-state index contributed by atoms with van der Waals surface area (Å²) in [6.45, 7) is 2.03. The Morgan fingerprint density at radius 2 is 2.05 bits per heavy atom. The van der Waals surface area contributed by atoms with Crippen molar-refractivity contribution >= 4 is 11.4 Å². The van der Waals surface area contributed by atoms with Crippen LogP contribution in [0.4, 0.5) is 0 Å². The maximum Gasteiger partial charge on any atom is 0.167 e. The lowest BCUT2D eigenvalue weighted by Gasteiger charge is -2.40. The van der Waals surface area contributed by atoms with Crippen molar-refractivity contribution in [2.75, 3.05) is 0 Å². The second-order valence-corrected chi connectivity index (χ2v) is 6.93. The number of allylic oxidation sites excluding steroid dienone is 2. The number of phenolic OH excluding ortho intramolecular Hbond substituents is 1. The summed E-state index contributed by atoms with van der Waals surface area (Å²) in [5.41, 5.74) is 4.83. The van der Waals surface area contributed by atoms with Crippen molar-refractivity contribution in [3.8, 4) is 5.75 Å². The van der Waals surface area contributed by atoms with Crippen molar-refractivity contribution in [2.45, 2.75) is 45.1 Å². The number of phenols is 1. The van der Waals surface area contributed by atoms with Gasteiger partial charge in [-0.15, -0.1) is 0 Å². The van der Waals surface area contributed by atoms with Crippen LogP contribution in [0.2, 0.25) is 0 Å². The van der Waals surface area contributed by atoms with Crippen molar-refractivity contribution in [3.63, 3.8) is 0 Å². The first kappa shape index (κ1) is 13.1. The average Bonchev–Trinajstić information content (AvgIpc) is 2.70. The Balaban J connectivity index is 1.84. The molecule has 3 heteroatoms. The van der Waals surface area contributed by atoms with Crippen molar-refractivity contribution < 1.29 is 15.0 Å². The van der Waals surface area contributed by atoms with E-state index in [4.69, 9.17) is 0 Å². The Hall–Kier alpha value is -1.61. The number of aryl methyl sites for hydroxylation is 1. The zero-order chi connectivity index (χ0) is 14.8. The van der Waals surface area contributed by atoms with Crippen LogP contribution in [0, 0.1) is 11.3 Å². The fourth-order valence-corrected chi connectivity index (χ4v) is 4.71. The van der Waals surface area contributed by atoms with Crippen LogP contribution in [0.1, 0.15) is 43.7 Å². The van der Waals surface area contributed by atoms with Gasteiger partial charge in [0.2, 0.25) is 0 Å². The summed E-state index contributed by atoms with van der Waals surface area (Å²) in [6, 6.07) is 5.62. The number of aliphatic hydroxyl groups excluding tert-OH is 1. The molecule has 1 fully saturated rings. The van der Waals surface area contributed by atoms with Gasteiger partial charge in [0.25, 0.3) is 0 Å². The molecule has 0 heterocycles. The quantitative estimate of drug-likeness (QED) is 0.770. The number of carbonyl (C=O) groups is 1. The molecule has 0 amide bonds. The van der Waals surface area contributed by atoms with Crippen LogP contribution in [0.25, 0.3) is 5.57 Å². The fraction of sp³-hybridized carbons (Fsp3) is 0.500. The van der Waals surface area contributed by atoms with Gasteiger partial charge in [0.05, 0.1) is 0 Å². The second kappa shape index (κ2) is 4.20. The predicted molar refractivity (Wildman–Crippen MR) is 79.8 cm³/mol. The van der Waals surface area contributed by atoms with Crippen LogP contribution in [0.3, 0.4) is 0 Å². The summed E-state index contributed by atoms with van der Waals surface area (Å²) in [7, 11) is 0. The summed E-state index contributed by atoms with van der Waals surface area (Å²) in [6.07, 6.45) is 3.39. The molecule has 1 saturated carbocycles. The van der Waals surface area contributed by atoms with Crippen LogP contribution in [-0.2, 0) is 11.2 Å². The molecule has 0 spiro atoms. The van der Waals surface area contributed by atoms with E-state index in [1.54, 1.807) is 6.07 Å². The molecule has 0 aromatic heterocycles. The number of fused-ring (bicyclic) bond motifs is 4. The van der Waals surface area contributed by atoms with Crippen molar-refractivity contribution in [1.29, 1.82) is 0 Å². The minimum absolute atomic E-state index is 0.0375. The number of benzene rings is 1. The Bertz CT molecular complexity index is 673. The molecular weight excluding hydrogens is 264 g/mol. The minimum Gasteiger partial charge on any atom is -0.508 e. The number of hydrogen-bond acceptors (Lipinski definition) is 3. The third kappa shape index (κ3) is 1.67. The molecule has 0 radical (unpaired) electrons. The molecule has 110 valence electrons. The fourth-order valence-electron chi connectivity index (χ4n) is 4.71. The number of ketones is 1. The monoisotopic (exact) mass is 284 g/mol. The van der Waals surface area contributed by atoms with Gasteiger partial charge in [0.15, 0.2) is 5.78 Å². The molecule has 0 bridgehead atoms. The Labute approximate surface area is 124 Å². The number of Topliss-reactive ketones (excluding diaryl/α,β-unsaturated/α-hetero) is 1. The summed E-state index contributed by atoms with van der Waals surface area (Å²) in [5, 5.41) is 19.7. The molecule has 3 aliphatic carbocycles. The van der Waals surface area contributed by atoms with Crippen LogP contribution < -0.4 is 0 Å². The summed E-state index contributed by atoms with van der Waals surface area (Å²) in [4.78, 5) is 12.3. The summed E-state index contributed by atoms with van der Waals surface area (Å²) >= 11 is 0. The van der Waals surface area contributed by atoms with Gasteiger partial charge in [-0.05, 0) is 66.9 Å². The van der Waals surface area contributed by atoms with E-state index >= 15 is 0 Å². The van der Waals surface area contributed by atoms with Crippen molar-refractivity contribution in [2.24, 2.45) is 11.3 Å². The first-order chi connectivity index (χ1) is 10.0. The predicted octanol–water partition coefficient (Wildman–Crippen LogP) is 2.84. The van der Waals surface area contributed by atoms with Gasteiger partial charge >= 0.3 is 0 Å². The highest BCUT2D eigenvalue weighted by atomic mass is 16.3. The molecule has 0 saturated heterocycles. The average molecular weight is 284 g/mol. The molecule has 0 aliphatic heterocycles. The lowest BCUT2D eigenvalue weighted by atomic mass is 9.63. The van der Waals surface area contributed by atoms with Crippen LogP contribution in [0.15, 0.2) is 23.8 Å². The summed E-state index contributed by atoms with van der Waals surface area (Å²) in [5.74, 6) is 0.561. The first-order valence-electron chi connectivity index (χ1n) is 7.77. The Morgan fingerprint density at radius 1 is 1.24 bits per heavy atom. The molecule has 21 heavy (non-hydrogen) atoms. The van der Waals surface area contributed by atoms with Gasteiger partial charge in [0.1, 0.15) is 11.9 Å². The molecule has 1 aromatic rings. The van der Waals surface area contributed by atoms with Gasteiger partial charge in [-0.1, -0.05) is 18.6 Å². The highest BCUT2D eigenvalue weighted by Gasteiger charge is 2.54.